The molecule has 1 fully saturated rings. The van der Waals surface area contributed by atoms with E-state index in [0.717, 1.165) is 42.1 Å². The predicted molar refractivity (Wildman–Crippen MR) is 91.8 cm³/mol. The Morgan fingerprint density at radius 2 is 2.20 bits per heavy atom. The number of piperidine rings is 1. The van der Waals surface area contributed by atoms with Crippen LogP contribution in [0.25, 0.3) is 5.69 Å². The van der Waals surface area contributed by atoms with E-state index in [9.17, 15) is 4.39 Å². The van der Waals surface area contributed by atoms with Gasteiger partial charge in [0.1, 0.15) is 17.3 Å². The Kier molecular flexibility index (Phi) is 4.36. The molecule has 1 aliphatic heterocycles. The molecule has 0 bridgehead atoms. The zero-order valence-corrected chi connectivity index (χ0v) is 14.2. The van der Waals surface area contributed by atoms with Gasteiger partial charge in [-0.2, -0.15) is 5.10 Å². The number of hydrogen-bond acceptors (Lipinski definition) is 4. The summed E-state index contributed by atoms with van der Waals surface area (Å²) in [5.74, 6) is 0.597. The average molecular weight is 340 g/mol. The van der Waals surface area contributed by atoms with Gasteiger partial charge in [-0.05, 0) is 56.1 Å². The third-order valence-electron chi connectivity index (χ3n) is 4.77. The van der Waals surface area contributed by atoms with Crippen molar-refractivity contribution in [1.82, 2.24) is 19.8 Å². The first-order chi connectivity index (χ1) is 12.2. The van der Waals surface area contributed by atoms with E-state index in [1.807, 2.05) is 25.3 Å². The summed E-state index contributed by atoms with van der Waals surface area (Å²) >= 11 is 0. The molecular weight excluding hydrogens is 319 g/mol. The minimum Gasteiger partial charge on any atom is -0.361 e. The van der Waals surface area contributed by atoms with Crippen LogP contribution in [-0.2, 0) is 6.54 Å². The molecule has 1 aliphatic rings. The van der Waals surface area contributed by atoms with E-state index < -0.39 is 0 Å². The summed E-state index contributed by atoms with van der Waals surface area (Å²) in [5.41, 5.74) is 2.80. The van der Waals surface area contributed by atoms with E-state index in [-0.39, 0.29) is 11.9 Å². The molecule has 1 unspecified atom stereocenters. The second kappa shape index (κ2) is 6.80. The molecule has 0 amide bonds. The monoisotopic (exact) mass is 340 g/mol. The van der Waals surface area contributed by atoms with Crippen LogP contribution in [-0.4, -0.2) is 26.4 Å². The van der Waals surface area contributed by atoms with Crippen molar-refractivity contribution in [3.8, 4) is 5.69 Å². The molecule has 0 N–H and O–H groups in total. The quantitative estimate of drug-likeness (QED) is 0.719. The van der Waals surface area contributed by atoms with Gasteiger partial charge in [0.05, 0.1) is 11.7 Å². The molecule has 5 nitrogen and oxygen atoms in total. The fourth-order valence-corrected chi connectivity index (χ4v) is 3.59. The van der Waals surface area contributed by atoms with E-state index in [1.54, 1.807) is 23.0 Å². The molecule has 1 aromatic carbocycles. The van der Waals surface area contributed by atoms with Crippen molar-refractivity contribution in [2.45, 2.75) is 38.8 Å². The number of benzene rings is 1. The molecule has 130 valence electrons. The second-order valence-corrected chi connectivity index (χ2v) is 6.57. The number of rotatable bonds is 4. The fourth-order valence-electron chi connectivity index (χ4n) is 3.59. The summed E-state index contributed by atoms with van der Waals surface area (Å²) in [6.07, 6.45) is 6.96. The SMILES string of the molecule is Cc1cc(C2CCCCN2Cc2cc(F)ccc2-n2cccn2)no1. The number of halogens is 1. The molecule has 3 heterocycles. The topological polar surface area (TPSA) is 47.1 Å². The van der Waals surface area contributed by atoms with Gasteiger partial charge in [-0.1, -0.05) is 11.6 Å². The Bertz CT molecular complexity index is 843. The summed E-state index contributed by atoms with van der Waals surface area (Å²) in [5, 5.41) is 8.51. The molecule has 0 aliphatic carbocycles. The molecule has 1 atom stereocenters. The van der Waals surface area contributed by atoms with Gasteiger partial charge in [0.25, 0.3) is 0 Å². The van der Waals surface area contributed by atoms with Crippen LogP contribution < -0.4 is 0 Å². The van der Waals surface area contributed by atoms with Crippen LogP contribution >= 0.6 is 0 Å². The Labute approximate surface area is 146 Å². The van der Waals surface area contributed by atoms with Crippen molar-refractivity contribution in [2.24, 2.45) is 0 Å². The van der Waals surface area contributed by atoms with Crippen molar-refractivity contribution in [3.05, 3.63) is 65.6 Å². The minimum atomic E-state index is -0.225. The van der Waals surface area contributed by atoms with E-state index in [4.69, 9.17) is 4.52 Å². The number of nitrogens with zero attached hydrogens (tertiary/aromatic N) is 4. The van der Waals surface area contributed by atoms with E-state index in [1.165, 1.54) is 12.5 Å². The molecule has 6 heteroatoms. The van der Waals surface area contributed by atoms with Gasteiger partial charge in [-0.25, -0.2) is 9.07 Å². The lowest BCUT2D eigenvalue weighted by molar-refractivity contribution is 0.133. The smallest absolute Gasteiger partial charge is 0.133 e. The van der Waals surface area contributed by atoms with E-state index in [0.29, 0.717) is 6.54 Å². The van der Waals surface area contributed by atoms with Gasteiger partial charge < -0.3 is 4.52 Å². The average Bonchev–Trinajstić information content (AvgIpc) is 3.27. The molecule has 0 saturated carbocycles. The standard InChI is InChI=1S/C19H21FN4O/c1-14-11-17(22-25-14)19-5-2-3-9-23(19)13-15-12-16(20)6-7-18(15)24-10-4-8-21-24/h4,6-8,10-12,19H,2-3,5,9,13H2,1H3. The molecule has 0 radical (unpaired) electrons. The molecule has 25 heavy (non-hydrogen) atoms. The first-order valence-electron chi connectivity index (χ1n) is 8.66. The zero-order chi connectivity index (χ0) is 17.2. The zero-order valence-electron chi connectivity index (χ0n) is 14.2. The third kappa shape index (κ3) is 3.35. The molecule has 3 aromatic rings. The van der Waals surface area contributed by atoms with Crippen molar-refractivity contribution < 1.29 is 8.91 Å². The summed E-state index contributed by atoms with van der Waals surface area (Å²) in [6, 6.07) is 8.96. The highest BCUT2D eigenvalue weighted by Crippen LogP contribution is 2.32. The van der Waals surface area contributed by atoms with Gasteiger partial charge in [0.15, 0.2) is 0 Å². The van der Waals surface area contributed by atoms with Crippen LogP contribution in [0.1, 0.15) is 42.3 Å². The minimum absolute atomic E-state index is 0.208. The number of aryl methyl sites for hydroxylation is 1. The highest BCUT2D eigenvalue weighted by molar-refractivity contribution is 5.40. The van der Waals surface area contributed by atoms with E-state index >= 15 is 0 Å². The highest BCUT2D eigenvalue weighted by atomic mass is 19.1. The number of hydrogen-bond donors (Lipinski definition) is 0. The lowest BCUT2D eigenvalue weighted by atomic mass is 9.98. The second-order valence-electron chi connectivity index (χ2n) is 6.57. The maximum atomic E-state index is 13.9. The van der Waals surface area contributed by atoms with Crippen LogP contribution in [0.4, 0.5) is 4.39 Å². The first kappa shape index (κ1) is 16.0. The Balaban J connectivity index is 1.65. The summed E-state index contributed by atoms with van der Waals surface area (Å²) in [6.45, 7) is 3.53. The first-order valence-corrected chi connectivity index (χ1v) is 8.66. The van der Waals surface area contributed by atoms with Crippen molar-refractivity contribution >= 4 is 0 Å². The van der Waals surface area contributed by atoms with Crippen LogP contribution in [0.5, 0.6) is 0 Å². The lowest BCUT2D eigenvalue weighted by Gasteiger charge is -2.34. The van der Waals surface area contributed by atoms with Gasteiger partial charge in [0.2, 0.25) is 0 Å². The molecular formula is C19H21FN4O. The van der Waals surface area contributed by atoms with Gasteiger partial charge in [-0.15, -0.1) is 0 Å². The Hall–Kier alpha value is -2.47. The van der Waals surface area contributed by atoms with Crippen LogP contribution in [0.15, 0.2) is 47.2 Å². The van der Waals surface area contributed by atoms with Crippen LogP contribution in [0.3, 0.4) is 0 Å². The summed E-state index contributed by atoms with van der Waals surface area (Å²) < 4.78 is 20.9. The fraction of sp³-hybridized carbons (Fsp3) is 0.368. The maximum Gasteiger partial charge on any atom is 0.133 e. The van der Waals surface area contributed by atoms with Crippen LogP contribution in [0.2, 0.25) is 0 Å². The van der Waals surface area contributed by atoms with Crippen molar-refractivity contribution in [3.63, 3.8) is 0 Å². The van der Waals surface area contributed by atoms with Gasteiger partial charge >= 0.3 is 0 Å². The third-order valence-corrected chi connectivity index (χ3v) is 4.77. The summed E-state index contributed by atoms with van der Waals surface area (Å²) in [4.78, 5) is 2.36. The Morgan fingerprint density at radius 3 is 2.96 bits per heavy atom. The highest BCUT2D eigenvalue weighted by Gasteiger charge is 2.27. The number of aromatic nitrogens is 3. The normalized spacial score (nSPS) is 18.6. The largest absolute Gasteiger partial charge is 0.361 e. The van der Waals surface area contributed by atoms with Crippen LogP contribution in [0, 0.1) is 12.7 Å². The molecule has 4 rings (SSSR count). The maximum absolute atomic E-state index is 13.9. The Morgan fingerprint density at radius 1 is 1.28 bits per heavy atom. The predicted octanol–water partition coefficient (Wildman–Crippen LogP) is 4.04. The molecule has 0 spiro atoms. The molecule has 1 saturated heterocycles. The van der Waals surface area contributed by atoms with Crippen molar-refractivity contribution in [1.29, 1.82) is 0 Å². The van der Waals surface area contributed by atoms with E-state index in [2.05, 4.69) is 15.2 Å². The number of likely N-dealkylation sites (tertiary alicyclic amines) is 1. The summed E-state index contributed by atoms with van der Waals surface area (Å²) in [7, 11) is 0. The van der Waals surface area contributed by atoms with Gasteiger partial charge in [0, 0.05) is 25.0 Å². The molecule has 2 aromatic heterocycles. The lowest BCUT2D eigenvalue weighted by Crippen LogP contribution is -2.33. The van der Waals surface area contributed by atoms with Gasteiger partial charge in [-0.3, -0.25) is 4.90 Å². The van der Waals surface area contributed by atoms with Crippen molar-refractivity contribution in [2.75, 3.05) is 6.54 Å².